The molecule has 1 aromatic rings. The minimum absolute atomic E-state index is 0.137. The molecule has 2 heteroatoms. The molecule has 0 aliphatic heterocycles. The van der Waals surface area contributed by atoms with Crippen LogP contribution >= 0.6 is 0 Å². The molecule has 72 valence electrons. The van der Waals surface area contributed by atoms with Gasteiger partial charge in [-0.15, -0.1) is 0 Å². The molecule has 0 aromatic heterocycles. The van der Waals surface area contributed by atoms with Crippen LogP contribution in [0.4, 0.5) is 0 Å². The fraction of sp³-hybridized carbons (Fsp3) is 0.455. The van der Waals surface area contributed by atoms with Gasteiger partial charge in [0.15, 0.2) is 0 Å². The third-order valence-electron chi connectivity index (χ3n) is 2.40. The highest BCUT2D eigenvalue weighted by molar-refractivity contribution is 5.17. The molecule has 0 unspecified atom stereocenters. The van der Waals surface area contributed by atoms with E-state index in [4.69, 9.17) is 0 Å². The lowest BCUT2D eigenvalue weighted by Gasteiger charge is -2.21. The largest absolute Gasteiger partial charge is 0.393 e. The Morgan fingerprint density at radius 2 is 1.54 bits per heavy atom. The Bertz CT molecular complexity index is 244. The first-order valence-electron chi connectivity index (χ1n) is 4.54. The Morgan fingerprint density at radius 1 is 1.00 bits per heavy atom. The number of rotatable bonds is 3. The highest BCUT2D eigenvalue weighted by Gasteiger charge is 2.19. The maximum Gasteiger partial charge on any atom is 0.0840 e. The summed E-state index contributed by atoms with van der Waals surface area (Å²) >= 11 is 0. The van der Waals surface area contributed by atoms with Crippen molar-refractivity contribution in [3.8, 4) is 0 Å². The van der Waals surface area contributed by atoms with Gasteiger partial charge in [0.2, 0.25) is 0 Å². The van der Waals surface area contributed by atoms with Gasteiger partial charge in [0.25, 0.3) is 0 Å². The van der Waals surface area contributed by atoms with Crippen LogP contribution in [0.5, 0.6) is 0 Å². The molecule has 0 radical (unpaired) electrons. The summed E-state index contributed by atoms with van der Waals surface area (Å²) in [7, 11) is 0. The van der Waals surface area contributed by atoms with Crippen molar-refractivity contribution in [2.45, 2.75) is 26.1 Å². The zero-order valence-electron chi connectivity index (χ0n) is 8.01. The van der Waals surface area contributed by atoms with Crippen LogP contribution in [0.2, 0.25) is 0 Å². The second-order valence-corrected chi connectivity index (χ2v) is 3.46. The van der Waals surface area contributed by atoms with E-state index in [0.29, 0.717) is 0 Å². The van der Waals surface area contributed by atoms with E-state index in [1.165, 1.54) is 0 Å². The predicted octanol–water partition coefficient (Wildman–Crippen LogP) is 1.74. The van der Waals surface area contributed by atoms with E-state index in [9.17, 15) is 10.2 Å². The number of benzene rings is 1. The maximum absolute atomic E-state index is 9.80. The molecule has 2 nitrogen and oxygen atoms in total. The summed E-state index contributed by atoms with van der Waals surface area (Å²) in [6.07, 6.45) is -1.07. The van der Waals surface area contributed by atoms with Crippen LogP contribution in [0.3, 0.4) is 0 Å². The molecule has 0 aliphatic rings. The smallest absolute Gasteiger partial charge is 0.0840 e. The first-order valence-corrected chi connectivity index (χ1v) is 4.54. The summed E-state index contributed by atoms with van der Waals surface area (Å²) in [5.41, 5.74) is 0.857. The lowest BCUT2D eigenvalue weighted by atomic mass is 9.93. The summed E-state index contributed by atoms with van der Waals surface area (Å²) in [5.74, 6) is -0.137. The zero-order valence-corrected chi connectivity index (χ0v) is 8.01. The Hall–Kier alpha value is -0.860. The lowest BCUT2D eigenvalue weighted by Crippen LogP contribution is -2.20. The molecule has 0 bridgehead atoms. The van der Waals surface area contributed by atoms with Crippen molar-refractivity contribution >= 4 is 0 Å². The number of hydrogen-bond donors (Lipinski definition) is 2. The first-order chi connectivity index (χ1) is 6.13. The van der Waals surface area contributed by atoms with Crippen LogP contribution in [0.1, 0.15) is 25.5 Å². The van der Waals surface area contributed by atoms with Gasteiger partial charge in [-0.3, -0.25) is 0 Å². The van der Waals surface area contributed by atoms with Crippen LogP contribution in [-0.4, -0.2) is 16.3 Å². The lowest BCUT2D eigenvalue weighted by molar-refractivity contribution is 0.0307. The molecular weight excluding hydrogens is 164 g/mol. The van der Waals surface area contributed by atoms with Gasteiger partial charge in [0.1, 0.15) is 0 Å². The molecule has 0 aliphatic carbocycles. The van der Waals surface area contributed by atoms with E-state index in [0.717, 1.165) is 5.56 Å². The summed E-state index contributed by atoms with van der Waals surface area (Å²) in [4.78, 5) is 0. The van der Waals surface area contributed by atoms with E-state index in [1.807, 2.05) is 37.3 Å². The van der Waals surface area contributed by atoms with Gasteiger partial charge in [-0.25, -0.2) is 0 Å². The van der Waals surface area contributed by atoms with Crippen LogP contribution < -0.4 is 0 Å². The van der Waals surface area contributed by atoms with E-state index < -0.39 is 12.2 Å². The van der Waals surface area contributed by atoms with E-state index >= 15 is 0 Å². The number of aliphatic hydroxyl groups is 2. The highest BCUT2D eigenvalue weighted by atomic mass is 16.3. The molecule has 2 N–H and O–H groups in total. The van der Waals surface area contributed by atoms with Crippen LogP contribution in [0.25, 0.3) is 0 Å². The molecule has 3 atom stereocenters. The maximum atomic E-state index is 9.80. The Balaban J connectivity index is 2.73. The fourth-order valence-electron chi connectivity index (χ4n) is 1.22. The molecule has 13 heavy (non-hydrogen) atoms. The van der Waals surface area contributed by atoms with Gasteiger partial charge in [-0.2, -0.15) is 0 Å². The van der Waals surface area contributed by atoms with Gasteiger partial charge in [-0.05, 0) is 12.5 Å². The van der Waals surface area contributed by atoms with Crippen LogP contribution in [-0.2, 0) is 0 Å². The Kier molecular flexibility index (Phi) is 3.46. The molecule has 1 aromatic carbocycles. The second kappa shape index (κ2) is 4.40. The van der Waals surface area contributed by atoms with Gasteiger partial charge < -0.3 is 10.2 Å². The third-order valence-corrected chi connectivity index (χ3v) is 2.40. The molecule has 0 saturated heterocycles. The highest BCUT2D eigenvalue weighted by Crippen LogP contribution is 2.23. The first kappa shape index (κ1) is 10.2. The van der Waals surface area contributed by atoms with Gasteiger partial charge in [0, 0.05) is 5.92 Å². The molecule has 0 amide bonds. The van der Waals surface area contributed by atoms with Crippen molar-refractivity contribution in [1.29, 1.82) is 0 Å². The Labute approximate surface area is 78.8 Å². The van der Waals surface area contributed by atoms with Gasteiger partial charge >= 0.3 is 0 Å². The summed E-state index contributed by atoms with van der Waals surface area (Å²) in [5, 5.41) is 19.1. The summed E-state index contributed by atoms with van der Waals surface area (Å²) < 4.78 is 0. The van der Waals surface area contributed by atoms with Gasteiger partial charge in [-0.1, -0.05) is 37.3 Å². The molecule has 0 fully saturated rings. The molecule has 0 heterocycles. The molecule has 0 saturated carbocycles. The topological polar surface area (TPSA) is 40.5 Å². The van der Waals surface area contributed by atoms with Crippen molar-refractivity contribution in [2.24, 2.45) is 5.92 Å². The third kappa shape index (κ3) is 2.54. The van der Waals surface area contributed by atoms with Crippen molar-refractivity contribution in [3.63, 3.8) is 0 Å². The predicted molar refractivity (Wildman–Crippen MR) is 52.2 cm³/mol. The molecule has 0 spiro atoms. The van der Waals surface area contributed by atoms with Crippen molar-refractivity contribution in [2.75, 3.05) is 0 Å². The fourth-order valence-corrected chi connectivity index (χ4v) is 1.22. The SMILES string of the molecule is C[C@H]([C@H](O)c1ccccc1)[C@@H](C)O. The molecular formula is C11H16O2. The van der Waals surface area contributed by atoms with E-state index in [2.05, 4.69) is 0 Å². The van der Waals surface area contributed by atoms with E-state index in [-0.39, 0.29) is 5.92 Å². The average molecular weight is 180 g/mol. The Morgan fingerprint density at radius 3 is 2.00 bits per heavy atom. The quantitative estimate of drug-likeness (QED) is 0.743. The van der Waals surface area contributed by atoms with Crippen molar-refractivity contribution in [1.82, 2.24) is 0 Å². The number of hydrogen-bond acceptors (Lipinski definition) is 2. The van der Waals surface area contributed by atoms with Crippen LogP contribution in [0.15, 0.2) is 30.3 Å². The van der Waals surface area contributed by atoms with E-state index in [1.54, 1.807) is 6.92 Å². The summed E-state index contributed by atoms with van der Waals surface area (Å²) in [6, 6.07) is 9.40. The normalized spacial score (nSPS) is 17.8. The van der Waals surface area contributed by atoms with Crippen LogP contribution in [0, 0.1) is 5.92 Å². The average Bonchev–Trinajstić information content (AvgIpc) is 2.17. The number of aliphatic hydroxyl groups excluding tert-OH is 2. The van der Waals surface area contributed by atoms with Crippen molar-refractivity contribution in [3.05, 3.63) is 35.9 Å². The van der Waals surface area contributed by atoms with Crippen molar-refractivity contribution < 1.29 is 10.2 Å². The monoisotopic (exact) mass is 180 g/mol. The minimum atomic E-state index is -0.582. The van der Waals surface area contributed by atoms with Gasteiger partial charge in [0.05, 0.1) is 12.2 Å². The zero-order chi connectivity index (χ0) is 9.84. The summed E-state index contributed by atoms with van der Waals surface area (Å²) in [6.45, 7) is 3.53. The molecule has 1 rings (SSSR count). The second-order valence-electron chi connectivity index (χ2n) is 3.46. The minimum Gasteiger partial charge on any atom is -0.393 e. The standard InChI is InChI=1S/C11H16O2/c1-8(9(2)12)11(13)10-6-4-3-5-7-10/h3-9,11-13H,1-2H3/t8-,9+,11-/m0/s1.